The average Bonchev–Trinajstić information content (AvgIpc) is 1.67. The van der Waals surface area contributed by atoms with Gasteiger partial charge in [-0.15, -0.1) is 0 Å². The molecule has 0 fully saturated rings. The van der Waals surface area contributed by atoms with Gasteiger partial charge in [0, 0.05) is 0 Å². The Hall–Kier alpha value is -0.610. The first-order valence-corrected chi connectivity index (χ1v) is 2.42. The van der Waals surface area contributed by atoms with Crippen LogP contribution in [0.5, 0.6) is 0 Å². The van der Waals surface area contributed by atoms with E-state index in [4.69, 9.17) is 11.5 Å². The van der Waals surface area contributed by atoms with Crippen LogP contribution in [-0.4, -0.2) is 18.6 Å². The smallest absolute Gasteiger partial charge is 0.237 e. The second-order valence-electron chi connectivity index (χ2n) is 1.53. The van der Waals surface area contributed by atoms with Crippen molar-refractivity contribution >= 4 is 5.91 Å². The van der Waals surface area contributed by atoms with Gasteiger partial charge in [0.25, 0.3) is 0 Å². The normalized spacial score (nSPS) is 12.9. The van der Waals surface area contributed by atoms with Gasteiger partial charge in [-0.25, -0.2) is 0 Å². The molecule has 0 heterocycles. The molecule has 0 saturated carbocycles. The number of nitrogens with one attached hydrogen (secondary N) is 1. The topological polar surface area (TPSA) is 81.1 Å². The number of hydrogen-bond donors (Lipinski definition) is 3. The molecule has 0 spiro atoms. The second-order valence-corrected chi connectivity index (χ2v) is 1.53. The number of carbonyl (C=O) groups excluding carboxylic acids is 1. The highest BCUT2D eigenvalue weighted by atomic mass is 16.2. The van der Waals surface area contributed by atoms with E-state index in [1.54, 1.807) is 6.92 Å². The van der Waals surface area contributed by atoms with Crippen molar-refractivity contribution in [2.24, 2.45) is 11.5 Å². The fourth-order valence-corrected chi connectivity index (χ4v) is 0.262. The van der Waals surface area contributed by atoms with E-state index < -0.39 is 6.04 Å². The molecular formula is C4H11N3O. The zero-order valence-electron chi connectivity index (χ0n) is 4.85. The Kier molecular flexibility index (Phi) is 3.14. The molecule has 0 rings (SSSR count). The Bertz CT molecular complexity index is 81.4. The van der Waals surface area contributed by atoms with Gasteiger partial charge in [0.1, 0.15) is 0 Å². The molecule has 8 heavy (non-hydrogen) atoms. The summed E-state index contributed by atoms with van der Waals surface area (Å²) in [5.74, 6) is -0.215. The van der Waals surface area contributed by atoms with Crippen molar-refractivity contribution in [3.05, 3.63) is 0 Å². The molecule has 48 valence electrons. The van der Waals surface area contributed by atoms with E-state index in [9.17, 15) is 4.79 Å². The lowest BCUT2D eigenvalue weighted by Crippen LogP contribution is -2.40. The lowest BCUT2D eigenvalue weighted by atomic mass is 10.3. The maximum atomic E-state index is 10.4. The maximum absolute atomic E-state index is 10.4. The van der Waals surface area contributed by atoms with Crippen LogP contribution in [0.3, 0.4) is 0 Å². The zero-order valence-corrected chi connectivity index (χ0v) is 4.85. The third kappa shape index (κ3) is 2.54. The second kappa shape index (κ2) is 3.40. The standard InChI is InChI=1S/C4H11N3O/c1-3(6)4(8)7-2-5/h3H,2,5-6H2,1H3,(H,7,8). The van der Waals surface area contributed by atoms with E-state index in [0.29, 0.717) is 0 Å². The van der Waals surface area contributed by atoms with Gasteiger partial charge in [0.2, 0.25) is 5.91 Å². The monoisotopic (exact) mass is 117 g/mol. The van der Waals surface area contributed by atoms with Gasteiger partial charge in [-0.3, -0.25) is 4.79 Å². The van der Waals surface area contributed by atoms with Gasteiger partial charge >= 0.3 is 0 Å². The first-order valence-electron chi connectivity index (χ1n) is 2.42. The summed E-state index contributed by atoms with van der Waals surface area (Å²) in [5, 5.41) is 2.36. The van der Waals surface area contributed by atoms with Crippen LogP contribution in [0.4, 0.5) is 0 Å². The summed E-state index contributed by atoms with van der Waals surface area (Å²) in [5.41, 5.74) is 10.1. The summed E-state index contributed by atoms with van der Waals surface area (Å²) >= 11 is 0. The van der Waals surface area contributed by atoms with E-state index in [1.807, 2.05) is 0 Å². The number of rotatable bonds is 2. The molecule has 0 bridgehead atoms. The number of carbonyl (C=O) groups is 1. The van der Waals surface area contributed by atoms with Crippen molar-refractivity contribution in [2.45, 2.75) is 13.0 Å². The van der Waals surface area contributed by atoms with Crippen molar-refractivity contribution in [1.82, 2.24) is 5.32 Å². The molecule has 0 saturated heterocycles. The largest absolute Gasteiger partial charge is 0.342 e. The molecule has 1 atom stereocenters. The lowest BCUT2D eigenvalue weighted by Gasteiger charge is -2.02. The third-order valence-electron chi connectivity index (χ3n) is 0.690. The Morgan fingerprint density at radius 1 is 1.88 bits per heavy atom. The molecule has 0 aliphatic heterocycles. The molecule has 1 unspecified atom stereocenters. The molecule has 0 aromatic rings. The number of hydrogen-bond acceptors (Lipinski definition) is 3. The summed E-state index contributed by atoms with van der Waals surface area (Å²) in [4.78, 5) is 10.4. The van der Waals surface area contributed by atoms with E-state index >= 15 is 0 Å². The number of amides is 1. The van der Waals surface area contributed by atoms with Crippen LogP contribution in [0.1, 0.15) is 6.92 Å². The molecular weight excluding hydrogens is 106 g/mol. The first kappa shape index (κ1) is 7.39. The Labute approximate surface area is 48.2 Å². The Morgan fingerprint density at radius 2 is 2.38 bits per heavy atom. The van der Waals surface area contributed by atoms with E-state index in [1.165, 1.54) is 0 Å². The summed E-state index contributed by atoms with van der Waals surface area (Å²) in [6, 6.07) is -0.460. The van der Waals surface area contributed by atoms with E-state index in [-0.39, 0.29) is 12.6 Å². The van der Waals surface area contributed by atoms with Crippen molar-refractivity contribution in [1.29, 1.82) is 0 Å². The summed E-state index contributed by atoms with van der Waals surface area (Å²) in [7, 11) is 0. The SMILES string of the molecule is CC(N)C(=O)NCN. The molecule has 5 N–H and O–H groups in total. The summed E-state index contributed by atoms with van der Waals surface area (Å²) < 4.78 is 0. The van der Waals surface area contributed by atoms with Crippen LogP contribution in [0.2, 0.25) is 0 Å². The van der Waals surface area contributed by atoms with Gasteiger partial charge in [-0.2, -0.15) is 0 Å². The van der Waals surface area contributed by atoms with E-state index in [2.05, 4.69) is 5.32 Å². The predicted molar refractivity (Wildman–Crippen MR) is 30.8 cm³/mol. The third-order valence-corrected chi connectivity index (χ3v) is 0.690. The van der Waals surface area contributed by atoms with Gasteiger partial charge < -0.3 is 16.8 Å². The van der Waals surface area contributed by atoms with Crippen LogP contribution in [-0.2, 0) is 4.79 Å². The van der Waals surface area contributed by atoms with Crippen LogP contribution >= 0.6 is 0 Å². The average molecular weight is 117 g/mol. The Balaban J connectivity index is 3.33. The minimum absolute atomic E-state index is 0.153. The van der Waals surface area contributed by atoms with E-state index in [0.717, 1.165) is 0 Å². The van der Waals surface area contributed by atoms with Crippen molar-refractivity contribution in [3.8, 4) is 0 Å². The summed E-state index contributed by atoms with van der Waals surface area (Å²) in [6.45, 7) is 1.76. The fraction of sp³-hybridized carbons (Fsp3) is 0.750. The van der Waals surface area contributed by atoms with Gasteiger partial charge in [-0.1, -0.05) is 0 Å². The number of nitrogens with two attached hydrogens (primary N) is 2. The maximum Gasteiger partial charge on any atom is 0.237 e. The minimum Gasteiger partial charge on any atom is -0.342 e. The first-order chi connectivity index (χ1) is 3.68. The molecule has 0 aromatic heterocycles. The summed E-state index contributed by atoms with van der Waals surface area (Å²) in [6.07, 6.45) is 0. The molecule has 0 aromatic carbocycles. The van der Waals surface area contributed by atoms with Crippen LogP contribution in [0, 0.1) is 0 Å². The fourth-order valence-electron chi connectivity index (χ4n) is 0.262. The molecule has 4 nitrogen and oxygen atoms in total. The highest BCUT2D eigenvalue weighted by molar-refractivity contribution is 5.80. The van der Waals surface area contributed by atoms with Crippen LogP contribution < -0.4 is 16.8 Å². The van der Waals surface area contributed by atoms with Gasteiger partial charge in [0.15, 0.2) is 0 Å². The highest BCUT2D eigenvalue weighted by Crippen LogP contribution is 1.70. The van der Waals surface area contributed by atoms with Crippen LogP contribution in [0.15, 0.2) is 0 Å². The lowest BCUT2D eigenvalue weighted by molar-refractivity contribution is -0.121. The molecule has 0 aliphatic rings. The molecule has 0 aliphatic carbocycles. The van der Waals surface area contributed by atoms with Crippen LogP contribution in [0.25, 0.3) is 0 Å². The van der Waals surface area contributed by atoms with Crippen molar-refractivity contribution in [2.75, 3.05) is 6.67 Å². The van der Waals surface area contributed by atoms with Gasteiger partial charge in [0.05, 0.1) is 12.7 Å². The quantitative estimate of drug-likeness (QED) is 0.380. The molecule has 1 amide bonds. The van der Waals surface area contributed by atoms with Crippen molar-refractivity contribution < 1.29 is 4.79 Å². The molecule has 0 radical (unpaired) electrons. The zero-order chi connectivity index (χ0) is 6.57. The Morgan fingerprint density at radius 3 is 2.50 bits per heavy atom. The van der Waals surface area contributed by atoms with Crippen molar-refractivity contribution in [3.63, 3.8) is 0 Å². The highest BCUT2D eigenvalue weighted by Gasteiger charge is 2.02. The molecule has 4 heteroatoms. The minimum atomic E-state index is -0.460. The predicted octanol–water partition coefficient (Wildman–Crippen LogP) is -1.63. The van der Waals surface area contributed by atoms with Gasteiger partial charge in [-0.05, 0) is 6.92 Å².